The summed E-state index contributed by atoms with van der Waals surface area (Å²) in [5.41, 5.74) is -1.04. The van der Waals surface area contributed by atoms with E-state index < -0.39 is 47.7 Å². The quantitative estimate of drug-likeness (QED) is 0.0755. The number of hydrazone groups is 1. The second-order valence-electron chi connectivity index (χ2n) is 10.8. The van der Waals surface area contributed by atoms with Gasteiger partial charge in [-0.25, -0.2) is 0 Å². The van der Waals surface area contributed by atoms with Crippen LogP contribution in [0.1, 0.15) is 28.9 Å². The maximum Gasteiger partial charge on any atom is 0.296 e. The van der Waals surface area contributed by atoms with Crippen molar-refractivity contribution >= 4 is 61.8 Å². The van der Waals surface area contributed by atoms with E-state index in [1.165, 1.54) is 72.6 Å². The Balaban J connectivity index is 1.62. The van der Waals surface area contributed by atoms with Gasteiger partial charge in [-0.2, -0.15) is 36.7 Å². The lowest BCUT2D eigenvalue weighted by molar-refractivity contribution is -0.125. The maximum atomic E-state index is 13.6. The third kappa shape index (κ3) is 7.48. The summed E-state index contributed by atoms with van der Waals surface area (Å²) in [6.07, 6.45) is 6.25. The molecular weight excluding hydrogens is 711 g/mol. The molecule has 5 rings (SSSR count). The van der Waals surface area contributed by atoms with Crippen molar-refractivity contribution in [2.24, 2.45) is 5.10 Å². The molecule has 0 radical (unpaired) electrons. The molecule has 0 atom stereocenters. The van der Waals surface area contributed by atoms with Gasteiger partial charge in [0.1, 0.15) is 9.79 Å². The summed E-state index contributed by atoms with van der Waals surface area (Å²) in [4.78, 5) is 50.6. The highest BCUT2D eigenvalue weighted by molar-refractivity contribution is 7.86. The molecule has 0 spiro atoms. The predicted molar refractivity (Wildman–Crippen MR) is 180 cm³/mol. The summed E-state index contributed by atoms with van der Waals surface area (Å²) in [6.45, 7) is -0.0102. The highest BCUT2D eigenvalue weighted by Gasteiger charge is 2.34. The van der Waals surface area contributed by atoms with E-state index in [2.05, 4.69) is 20.8 Å². The number of rotatable bonds is 12. The normalized spacial score (nSPS) is 16.3. The first-order chi connectivity index (χ1) is 24.2. The monoisotopic (exact) mass is 739 g/mol. The molecule has 1 saturated heterocycles. The molecule has 2 aliphatic heterocycles. The number of para-hydroxylation sites is 2. The van der Waals surface area contributed by atoms with Gasteiger partial charge in [-0.05, 0) is 55.0 Å². The van der Waals surface area contributed by atoms with Gasteiger partial charge in [-0.15, -0.1) is 0 Å². The van der Waals surface area contributed by atoms with Crippen LogP contribution in [0.15, 0.2) is 92.9 Å². The van der Waals surface area contributed by atoms with Crippen LogP contribution in [0.2, 0.25) is 0 Å². The van der Waals surface area contributed by atoms with Crippen LogP contribution in [-0.4, -0.2) is 95.7 Å². The van der Waals surface area contributed by atoms with Gasteiger partial charge >= 0.3 is 0 Å². The van der Waals surface area contributed by atoms with Crippen LogP contribution in [0.25, 0.3) is 11.8 Å². The van der Waals surface area contributed by atoms with Crippen LogP contribution in [0.5, 0.6) is 5.88 Å². The van der Waals surface area contributed by atoms with Crippen molar-refractivity contribution < 1.29 is 50.2 Å². The average Bonchev–Trinajstić information content (AvgIpc) is 3.77. The number of aromatic hydroxyl groups is 1. The third-order valence-corrected chi connectivity index (χ3v) is 9.42. The Bertz CT molecular complexity index is 2290. The third-order valence-electron chi connectivity index (χ3n) is 7.62. The summed E-state index contributed by atoms with van der Waals surface area (Å²) < 4.78 is 68.4. The Morgan fingerprint density at radius 1 is 0.980 bits per heavy atom. The number of hydrogen-bond acceptors (Lipinski definition) is 11. The molecule has 0 saturated carbocycles. The Morgan fingerprint density at radius 3 is 2.20 bits per heavy atom. The number of carbonyl (C=O) groups excluding carboxylic acids is 4. The number of hydrogen-bond donors (Lipinski definition) is 5. The standard InChI is InChI=1S/C31H29N7O11S2/c1-32-29(41)28-21(31(43)38(35-28)24-8-3-5-10-26(24)51(47,48)49)15-13-19(36-16-6-11-27(36)40)12-14-20-22(17-33-18-39)34-37(30(20)42)23-7-2-4-9-25(23)50(44,45)46/h2-5,7-10,12-15,18,43H,6,11,16-17H2,1H3,(H,32,41)(H,33,39)(H,44,45,46)(H,47,48,49)/b15-13?,19-12?,20-14-. The molecule has 0 bridgehead atoms. The van der Waals surface area contributed by atoms with Crippen molar-refractivity contribution in [3.05, 3.63) is 89.3 Å². The zero-order valence-electron chi connectivity index (χ0n) is 26.5. The summed E-state index contributed by atoms with van der Waals surface area (Å²) in [5, 5.41) is 25.0. The van der Waals surface area contributed by atoms with Gasteiger partial charge in [0.25, 0.3) is 32.1 Å². The summed E-state index contributed by atoms with van der Waals surface area (Å²) in [6, 6.07) is 10.1. The summed E-state index contributed by atoms with van der Waals surface area (Å²) in [5.74, 6) is -2.60. The van der Waals surface area contributed by atoms with Gasteiger partial charge in [0, 0.05) is 25.7 Å². The number of likely N-dealkylation sites (tertiary alicyclic amines) is 1. The Morgan fingerprint density at radius 2 is 1.61 bits per heavy atom. The molecule has 5 N–H and O–H groups in total. The molecule has 3 heterocycles. The van der Waals surface area contributed by atoms with E-state index in [1.807, 2.05) is 0 Å². The van der Waals surface area contributed by atoms with Crippen LogP contribution in [-0.2, 0) is 34.6 Å². The van der Waals surface area contributed by atoms with Crippen LogP contribution in [0.3, 0.4) is 0 Å². The second-order valence-corrected chi connectivity index (χ2v) is 13.6. The van der Waals surface area contributed by atoms with Crippen molar-refractivity contribution in [3.8, 4) is 11.6 Å². The van der Waals surface area contributed by atoms with Gasteiger partial charge in [-0.3, -0.25) is 28.3 Å². The molecule has 266 valence electrons. The van der Waals surface area contributed by atoms with Crippen molar-refractivity contribution in [1.29, 1.82) is 0 Å². The van der Waals surface area contributed by atoms with Crippen molar-refractivity contribution in [2.45, 2.75) is 22.6 Å². The predicted octanol–water partition coefficient (Wildman–Crippen LogP) is 1.03. The zero-order valence-corrected chi connectivity index (χ0v) is 28.1. The van der Waals surface area contributed by atoms with Crippen molar-refractivity contribution in [1.82, 2.24) is 25.3 Å². The number of nitrogens with zero attached hydrogens (tertiary/aromatic N) is 5. The number of allylic oxidation sites excluding steroid dienone is 3. The SMILES string of the molecule is CNC(=O)c1nn(-c2ccccc2S(=O)(=O)O)c(O)c1C=CC(=C/C=C1\C(=O)N(c2ccccc2S(=O)(=O)O)N=C1CNC=O)N1CCCC1=O. The molecule has 4 amide bonds. The molecular formula is C31H29N7O11S2. The van der Waals surface area contributed by atoms with Gasteiger partial charge in [0.2, 0.25) is 18.2 Å². The molecule has 0 unspecified atom stereocenters. The van der Waals surface area contributed by atoms with Gasteiger partial charge in [0.15, 0.2) is 5.69 Å². The lowest BCUT2D eigenvalue weighted by atomic mass is 10.1. The number of nitrogens with one attached hydrogen (secondary N) is 2. The lowest BCUT2D eigenvalue weighted by Crippen LogP contribution is -2.25. The average molecular weight is 740 g/mol. The number of carbonyl (C=O) groups is 4. The van der Waals surface area contributed by atoms with E-state index in [0.29, 0.717) is 12.8 Å². The highest BCUT2D eigenvalue weighted by atomic mass is 32.2. The Kier molecular flexibility index (Phi) is 10.3. The molecule has 51 heavy (non-hydrogen) atoms. The minimum atomic E-state index is -4.79. The number of anilines is 1. The van der Waals surface area contributed by atoms with E-state index in [9.17, 15) is 50.2 Å². The van der Waals surface area contributed by atoms with Crippen LogP contribution in [0.4, 0.5) is 5.69 Å². The number of aromatic nitrogens is 2. The number of benzene rings is 2. The minimum absolute atomic E-state index is 0.00268. The molecule has 2 aliphatic rings. The number of amides is 4. The van der Waals surface area contributed by atoms with Crippen LogP contribution in [0, 0.1) is 0 Å². The van der Waals surface area contributed by atoms with Gasteiger partial charge < -0.3 is 20.6 Å². The molecule has 1 aromatic heterocycles. The Hall–Kier alpha value is -5.96. The zero-order chi connectivity index (χ0) is 37.1. The van der Waals surface area contributed by atoms with E-state index >= 15 is 0 Å². The van der Waals surface area contributed by atoms with Crippen LogP contribution < -0.4 is 15.6 Å². The fraction of sp³-hybridized carbons (Fsp3) is 0.161. The van der Waals surface area contributed by atoms with E-state index in [0.717, 1.165) is 21.8 Å². The van der Waals surface area contributed by atoms with Crippen molar-refractivity contribution in [2.75, 3.05) is 25.1 Å². The summed E-state index contributed by atoms with van der Waals surface area (Å²) in [7, 11) is -8.27. The minimum Gasteiger partial charge on any atom is -0.493 e. The molecule has 1 fully saturated rings. The topological polar surface area (TPSA) is 258 Å². The van der Waals surface area contributed by atoms with Gasteiger partial charge in [-0.1, -0.05) is 24.3 Å². The molecule has 20 heteroatoms. The largest absolute Gasteiger partial charge is 0.493 e. The van der Waals surface area contributed by atoms with E-state index in [-0.39, 0.29) is 65.0 Å². The fourth-order valence-electron chi connectivity index (χ4n) is 5.28. The molecule has 18 nitrogen and oxygen atoms in total. The smallest absolute Gasteiger partial charge is 0.296 e. The maximum absolute atomic E-state index is 13.6. The molecule has 0 aliphatic carbocycles. The van der Waals surface area contributed by atoms with E-state index in [1.54, 1.807) is 0 Å². The molecule has 3 aromatic rings. The highest BCUT2D eigenvalue weighted by Crippen LogP contribution is 2.32. The second kappa shape index (κ2) is 14.5. The first-order valence-corrected chi connectivity index (χ1v) is 17.7. The Labute approximate surface area is 290 Å². The van der Waals surface area contributed by atoms with Crippen LogP contribution >= 0.6 is 0 Å². The lowest BCUT2D eigenvalue weighted by Gasteiger charge is -2.17. The first kappa shape index (κ1) is 36.3. The van der Waals surface area contributed by atoms with Crippen molar-refractivity contribution in [3.63, 3.8) is 0 Å². The molecule has 2 aromatic carbocycles. The van der Waals surface area contributed by atoms with Gasteiger partial charge in [0.05, 0.1) is 34.8 Å². The van der Waals surface area contributed by atoms with E-state index in [4.69, 9.17) is 0 Å². The summed E-state index contributed by atoms with van der Waals surface area (Å²) >= 11 is 0. The first-order valence-electron chi connectivity index (χ1n) is 14.8. The fourth-order valence-corrected chi connectivity index (χ4v) is 6.62.